The number of halogens is 1. The third-order valence-electron chi connectivity index (χ3n) is 7.16. The number of aliphatic hydroxyl groups is 1. The van der Waals surface area contributed by atoms with Crippen molar-refractivity contribution in [2.75, 3.05) is 42.1 Å². The molecule has 6 N–H and O–H groups in total. The number of carbonyl (C=O) groups excluding carboxylic acids is 1. The summed E-state index contributed by atoms with van der Waals surface area (Å²) < 4.78 is 28.3. The van der Waals surface area contributed by atoms with E-state index >= 15 is 0 Å². The van der Waals surface area contributed by atoms with Crippen molar-refractivity contribution in [3.05, 3.63) is 88.4 Å². The van der Waals surface area contributed by atoms with Crippen LogP contribution in [0.3, 0.4) is 0 Å². The van der Waals surface area contributed by atoms with Crippen molar-refractivity contribution in [3.63, 3.8) is 0 Å². The van der Waals surface area contributed by atoms with Crippen LogP contribution in [-0.4, -0.2) is 64.8 Å². The molecule has 1 aliphatic rings. The van der Waals surface area contributed by atoms with Gasteiger partial charge in [0.1, 0.15) is 5.75 Å². The largest absolute Gasteiger partial charge is 0.497 e. The third-order valence-corrected chi connectivity index (χ3v) is 9.31. The summed E-state index contributed by atoms with van der Waals surface area (Å²) in [7, 11) is -1.38. The van der Waals surface area contributed by atoms with E-state index in [1.54, 1.807) is 29.6 Å². The zero-order valence-electron chi connectivity index (χ0n) is 24.1. The lowest BCUT2D eigenvalue weighted by molar-refractivity contribution is 0.0830. The fraction of sp³-hybridized carbons (Fsp3) is 0.387. The molecule has 0 aliphatic carbocycles. The number of aliphatic hydroxyl groups excluding tert-OH is 1. The molecule has 0 bridgehead atoms. The van der Waals surface area contributed by atoms with Crippen LogP contribution in [0.1, 0.15) is 41.3 Å². The van der Waals surface area contributed by atoms with Gasteiger partial charge in [0.2, 0.25) is 0 Å². The molecule has 11 heteroatoms. The molecular weight excluding hydrogens is 576 g/mol. The second kappa shape index (κ2) is 15.0. The summed E-state index contributed by atoms with van der Waals surface area (Å²) in [6.07, 6.45) is 1.10. The van der Waals surface area contributed by atoms with Gasteiger partial charge in [-0.3, -0.25) is 18.2 Å². The highest BCUT2D eigenvalue weighted by molar-refractivity contribution is 8.25. The Hall–Kier alpha value is -2.99. The van der Waals surface area contributed by atoms with Crippen molar-refractivity contribution < 1.29 is 23.7 Å². The van der Waals surface area contributed by atoms with Crippen LogP contribution in [0.2, 0.25) is 5.02 Å². The Labute approximate surface area is 254 Å². The van der Waals surface area contributed by atoms with Crippen molar-refractivity contribution in [3.8, 4) is 5.75 Å². The number of carbonyl (C=O) groups is 1. The SMILES string of the molecule is CCNc1cc(C(=O)N[C@@H](Cc2ccccc2)[C@@H](O)CNCc2cc(Cl)cc(OC)c2)cc(N2CCCCS2(O)O)c1. The monoisotopic (exact) mass is 616 g/mol. The van der Waals surface area contributed by atoms with Gasteiger partial charge in [0.15, 0.2) is 0 Å². The Bertz CT molecular complexity index is 1330. The predicted octanol–water partition coefficient (Wildman–Crippen LogP) is 5.54. The number of hydrogen-bond donors (Lipinski definition) is 6. The standard InChI is InChI=1S/C31H41ClN4O5S/c1-3-34-26-16-24(17-27(19-26)36-11-7-8-12-42(36,39)40)31(38)35-29(15-22-9-5-4-6-10-22)30(37)21-33-20-23-13-25(32)18-28(14-23)41-2/h4-6,9-10,13-14,16-19,29-30,33-34,37,39-40H,3,7-8,11-12,15,20-21H2,1-2H3,(H,35,38)/t29-,30-/m0/s1. The zero-order valence-corrected chi connectivity index (χ0v) is 25.6. The summed E-state index contributed by atoms with van der Waals surface area (Å²) >= 11 is 6.20. The maximum absolute atomic E-state index is 13.7. The van der Waals surface area contributed by atoms with Crippen LogP contribution in [0, 0.1) is 0 Å². The minimum absolute atomic E-state index is 0.226. The van der Waals surface area contributed by atoms with Gasteiger partial charge >= 0.3 is 0 Å². The number of rotatable bonds is 13. The molecule has 1 saturated heterocycles. The average molecular weight is 617 g/mol. The maximum atomic E-state index is 13.7. The molecule has 9 nitrogen and oxygen atoms in total. The van der Waals surface area contributed by atoms with Gasteiger partial charge in [0.05, 0.1) is 30.7 Å². The first-order valence-corrected chi connectivity index (χ1v) is 16.2. The fourth-order valence-corrected chi connectivity index (χ4v) is 6.97. The first-order valence-electron chi connectivity index (χ1n) is 14.2. The summed E-state index contributed by atoms with van der Waals surface area (Å²) in [4.78, 5) is 13.7. The van der Waals surface area contributed by atoms with Crippen LogP contribution in [0.5, 0.6) is 5.75 Å². The first-order chi connectivity index (χ1) is 20.2. The van der Waals surface area contributed by atoms with Gasteiger partial charge in [-0.05, 0) is 73.7 Å². The molecule has 1 heterocycles. The molecule has 4 rings (SSSR count). The van der Waals surface area contributed by atoms with E-state index in [0.717, 1.165) is 24.0 Å². The first kappa shape index (κ1) is 31.9. The number of methoxy groups -OCH3 is 1. The normalized spacial score (nSPS) is 16.8. The Balaban J connectivity index is 1.52. The topological polar surface area (TPSA) is 126 Å². The molecule has 0 radical (unpaired) electrons. The summed E-state index contributed by atoms with van der Waals surface area (Å²) in [6.45, 7) is 3.78. The number of nitrogens with one attached hydrogen (secondary N) is 3. The summed E-state index contributed by atoms with van der Waals surface area (Å²) in [5.74, 6) is 0.600. The van der Waals surface area contributed by atoms with Gasteiger partial charge < -0.3 is 25.8 Å². The molecule has 0 saturated carbocycles. The van der Waals surface area contributed by atoms with Gasteiger partial charge in [-0.1, -0.05) is 41.9 Å². The highest BCUT2D eigenvalue weighted by Gasteiger charge is 2.28. The lowest BCUT2D eigenvalue weighted by Crippen LogP contribution is -2.48. The van der Waals surface area contributed by atoms with Crippen LogP contribution in [0.25, 0.3) is 0 Å². The number of hydrogen-bond acceptors (Lipinski definition) is 8. The fourth-order valence-electron chi connectivity index (χ4n) is 5.05. The summed E-state index contributed by atoms with van der Waals surface area (Å²) in [6, 6.07) is 19.8. The molecule has 42 heavy (non-hydrogen) atoms. The second-order valence-electron chi connectivity index (χ2n) is 10.4. The smallest absolute Gasteiger partial charge is 0.251 e. The molecular formula is C31H41ClN4O5S. The van der Waals surface area contributed by atoms with E-state index in [1.807, 2.05) is 55.5 Å². The van der Waals surface area contributed by atoms with Gasteiger partial charge in [-0.25, -0.2) is 0 Å². The summed E-state index contributed by atoms with van der Waals surface area (Å²) in [5.41, 5.74) is 3.54. The molecule has 3 aromatic rings. The van der Waals surface area contributed by atoms with Crippen LogP contribution in [-0.2, 0) is 13.0 Å². The lowest BCUT2D eigenvalue weighted by Gasteiger charge is -2.47. The van der Waals surface area contributed by atoms with E-state index in [9.17, 15) is 19.0 Å². The van der Waals surface area contributed by atoms with E-state index < -0.39 is 22.9 Å². The quantitative estimate of drug-likeness (QED) is 0.148. The van der Waals surface area contributed by atoms with Crippen molar-refractivity contribution in [1.82, 2.24) is 10.6 Å². The molecule has 0 unspecified atom stereocenters. The molecule has 1 fully saturated rings. The van der Waals surface area contributed by atoms with Gasteiger partial charge in [-0.15, -0.1) is 10.8 Å². The molecule has 1 amide bonds. The minimum Gasteiger partial charge on any atom is -0.497 e. The van der Waals surface area contributed by atoms with E-state index in [4.69, 9.17) is 16.3 Å². The Kier molecular flexibility index (Phi) is 11.4. The Morgan fingerprint density at radius 3 is 2.57 bits per heavy atom. The van der Waals surface area contributed by atoms with Gasteiger partial charge in [0, 0.05) is 42.5 Å². The van der Waals surface area contributed by atoms with E-state index in [0.29, 0.717) is 59.5 Å². The van der Waals surface area contributed by atoms with Crippen LogP contribution in [0.4, 0.5) is 11.4 Å². The van der Waals surface area contributed by atoms with Crippen molar-refractivity contribution in [2.24, 2.45) is 0 Å². The van der Waals surface area contributed by atoms with Crippen LogP contribution < -0.4 is 25.0 Å². The third kappa shape index (κ3) is 8.76. The average Bonchev–Trinajstić information content (AvgIpc) is 2.96. The van der Waals surface area contributed by atoms with Gasteiger partial charge in [0.25, 0.3) is 5.91 Å². The molecule has 1 aliphatic heterocycles. The van der Waals surface area contributed by atoms with Crippen LogP contribution in [0.15, 0.2) is 66.7 Å². The summed E-state index contributed by atoms with van der Waals surface area (Å²) in [5, 5.41) is 21.4. The number of nitrogens with zero attached hydrogens (tertiary/aromatic N) is 1. The number of ether oxygens (including phenoxy) is 1. The minimum atomic E-state index is -2.96. The van der Waals surface area contributed by atoms with E-state index in [2.05, 4.69) is 16.0 Å². The van der Waals surface area contributed by atoms with E-state index in [-0.39, 0.29) is 12.5 Å². The van der Waals surface area contributed by atoms with Crippen molar-refractivity contribution in [2.45, 2.75) is 44.9 Å². The molecule has 0 aromatic heterocycles. The number of anilines is 2. The molecule has 228 valence electrons. The highest BCUT2D eigenvalue weighted by Crippen LogP contribution is 2.50. The maximum Gasteiger partial charge on any atom is 0.251 e. The Morgan fingerprint density at radius 1 is 1.07 bits per heavy atom. The molecule has 0 spiro atoms. The zero-order chi connectivity index (χ0) is 30.1. The highest BCUT2D eigenvalue weighted by atomic mass is 35.5. The second-order valence-corrected chi connectivity index (χ2v) is 13.0. The molecule has 3 aromatic carbocycles. The van der Waals surface area contributed by atoms with Crippen LogP contribution >= 0.6 is 22.4 Å². The van der Waals surface area contributed by atoms with Crippen molar-refractivity contribution >= 4 is 39.7 Å². The lowest BCUT2D eigenvalue weighted by atomic mass is 10.00. The number of benzene rings is 3. The van der Waals surface area contributed by atoms with E-state index in [1.165, 1.54) is 0 Å². The Morgan fingerprint density at radius 2 is 1.86 bits per heavy atom. The van der Waals surface area contributed by atoms with Crippen molar-refractivity contribution in [1.29, 1.82) is 0 Å². The number of amides is 1. The molecule has 2 atom stereocenters. The predicted molar refractivity (Wildman–Crippen MR) is 172 cm³/mol. The van der Waals surface area contributed by atoms with Gasteiger partial charge in [-0.2, -0.15) is 0 Å².